The molecule has 0 bridgehead atoms. The largest absolute Gasteiger partial charge is 0.490 e. The molecule has 12 N–H and O–H groups in total. The Hall–Kier alpha value is -2.23. The number of carbonyl (C=O) groups excluding carboxylic acids is 5. The number of anilines is 1. The fraction of sp³-hybridized carbons (Fsp3) is 0.667. The van der Waals surface area contributed by atoms with Crippen molar-refractivity contribution < 1.29 is 80.2 Å². The molecule has 2 rings (SSSR count). The minimum atomic E-state index is -5.79. The zero-order valence-corrected chi connectivity index (χ0v) is 35.9. The number of unbranched alkanes of at least 4 members (excludes halogenated alkanes) is 2. The van der Waals surface area contributed by atoms with Crippen LogP contribution in [0.1, 0.15) is 57.2 Å². The number of Topliss-reactive ketones (excluding diaryl/α,β-unsaturated/α-hetero) is 2. The normalized spacial score (nSPS) is 20.0. The van der Waals surface area contributed by atoms with Crippen molar-refractivity contribution in [2.75, 3.05) is 36.1 Å². The lowest BCUT2D eigenvalue weighted by Gasteiger charge is -2.19. The van der Waals surface area contributed by atoms with E-state index in [1.807, 2.05) is 0 Å². The van der Waals surface area contributed by atoms with Gasteiger partial charge in [0.25, 0.3) is 5.91 Å². The van der Waals surface area contributed by atoms with E-state index in [-0.39, 0.29) is 60.4 Å². The van der Waals surface area contributed by atoms with Crippen molar-refractivity contribution in [3.8, 4) is 0 Å². The van der Waals surface area contributed by atoms with Gasteiger partial charge in [-0.05, 0) is 19.8 Å². The molecule has 0 radical (unpaired) electrons. The first-order chi connectivity index (χ1) is 26.9. The minimum absolute atomic E-state index is 0.0262. The standard InChI is InChI=1S/C27H46N7O18P3S3/c1-15(35)5-3-2-4-7-30-25(39)18(32-26(40)23(38)17(28)13-56)14-58-57-8-6-21(37)31-10-16-11-34(27(41)33-24(16)29)22-9-19(36)20(50-22)12-49-54(45,46)52-55(47,48)51-53(42,43)44/h11,17-20,22,36,56H,2-10,12-14,28H2,1H3,(H,30,39)(H,31,37)(H,32,40)(H,45,46)(H,47,48)(H2,29,33,41)(H2,42,43,44)/t17-,18?,19?,20?,22?/m0/s1. The number of amides is 3. The molecule has 2 heterocycles. The number of aliphatic hydroxyl groups excluding tert-OH is 1. The maximum absolute atomic E-state index is 12.9. The molecule has 0 saturated carbocycles. The number of ketones is 2. The van der Waals surface area contributed by atoms with Crippen LogP contribution in [-0.2, 0) is 62.1 Å². The summed E-state index contributed by atoms with van der Waals surface area (Å²) in [7, 11) is -14.6. The molecule has 1 aliphatic heterocycles. The molecule has 1 fully saturated rings. The van der Waals surface area contributed by atoms with E-state index in [2.05, 4.69) is 46.7 Å². The smallest absolute Gasteiger partial charge is 0.390 e. The number of phosphoric acid groups is 3. The summed E-state index contributed by atoms with van der Waals surface area (Å²) in [6.45, 7) is 0.575. The van der Waals surface area contributed by atoms with Crippen LogP contribution in [0, 0.1) is 0 Å². The van der Waals surface area contributed by atoms with Crippen molar-refractivity contribution in [1.82, 2.24) is 25.5 Å². The number of nitrogens with zero attached hydrogens (tertiary/aromatic N) is 2. The van der Waals surface area contributed by atoms with E-state index < -0.39 is 89.8 Å². The lowest BCUT2D eigenvalue weighted by molar-refractivity contribution is -0.139. The van der Waals surface area contributed by atoms with Gasteiger partial charge in [0, 0.05) is 61.4 Å². The summed E-state index contributed by atoms with van der Waals surface area (Å²) in [4.78, 5) is 114. The molecule has 25 nitrogen and oxygen atoms in total. The highest BCUT2D eigenvalue weighted by Gasteiger charge is 2.43. The predicted molar refractivity (Wildman–Crippen MR) is 210 cm³/mol. The first kappa shape index (κ1) is 51.9. The fourth-order valence-electron chi connectivity index (χ4n) is 4.64. The first-order valence-electron chi connectivity index (χ1n) is 16.9. The Kier molecular flexibility index (Phi) is 21.7. The number of aromatic nitrogens is 2. The minimum Gasteiger partial charge on any atom is -0.390 e. The Morgan fingerprint density at radius 2 is 1.74 bits per heavy atom. The van der Waals surface area contributed by atoms with E-state index in [4.69, 9.17) is 26.0 Å². The third-order valence-electron chi connectivity index (χ3n) is 7.48. The van der Waals surface area contributed by atoms with E-state index in [1.165, 1.54) is 23.9 Å². The van der Waals surface area contributed by atoms with Gasteiger partial charge < -0.3 is 61.6 Å². The Balaban J connectivity index is 1.90. The maximum Gasteiger partial charge on any atom is 0.490 e. The number of carbonyl (C=O) groups is 5. The van der Waals surface area contributed by atoms with Crippen LogP contribution in [0.2, 0.25) is 0 Å². The Bertz CT molecular complexity index is 1820. The summed E-state index contributed by atoms with van der Waals surface area (Å²) in [5.41, 5.74) is 10.7. The number of nitrogen functional groups attached to an aromatic ring is 1. The highest BCUT2D eigenvalue weighted by molar-refractivity contribution is 8.76. The van der Waals surface area contributed by atoms with Gasteiger partial charge in [-0.25, -0.2) is 18.5 Å². The monoisotopic (exact) mass is 945 g/mol. The lowest BCUT2D eigenvalue weighted by atomic mass is 10.1. The van der Waals surface area contributed by atoms with Crippen LogP contribution in [0.4, 0.5) is 5.82 Å². The average molecular weight is 946 g/mol. The Morgan fingerprint density at radius 1 is 1.05 bits per heavy atom. The summed E-state index contributed by atoms with van der Waals surface area (Å²) in [5.74, 6) is -2.99. The van der Waals surface area contributed by atoms with Crippen LogP contribution in [0.5, 0.6) is 0 Å². The van der Waals surface area contributed by atoms with Gasteiger partial charge in [-0.15, -0.1) is 0 Å². The van der Waals surface area contributed by atoms with Gasteiger partial charge in [-0.3, -0.25) is 28.3 Å². The van der Waals surface area contributed by atoms with Crippen LogP contribution in [0.25, 0.3) is 0 Å². The predicted octanol–water partition coefficient (Wildman–Crippen LogP) is -1.22. The number of phosphoric ester groups is 1. The number of thiol groups is 1. The van der Waals surface area contributed by atoms with Crippen LogP contribution in [0.3, 0.4) is 0 Å². The van der Waals surface area contributed by atoms with Crippen LogP contribution in [0.15, 0.2) is 11.0 Å². The molecule has 6 unspecified atom stereocenters. The maximum atomic E-state index is 12.9. The molecular weight excluding hydrogens is 899 g/mol. The highest BCUT2D eigenvalue weighted by atomic mass is 33.1. The second kappa shape index (κ2) is 24.3. The third kappa shape index (κ3) is 19.4. The number of ether oxygens (including phenoxy) is 1. The van der Waals surface area contributed by atoms with Gasteiger partial charge in [-0.2, -0.15) is 26.2 Å². The number of rotatable bonds is 27. The number of aliphatic hydroxyl groups is 1. The molecule has 1 aromatic heterocycles. The van der Waals surface area contributed by atoms with Crippen molar-refractivity contribution in [2.45, 2.75) is 82.5 Å². The van der Waals surface area contributed by atoms with Gasteiger partial charge in [0.2, 0.25) is 17.6 Å². The van der Waals surface area contributed by atoms with Crippen molar-refractivity contribution in [3.05, 3.63) is 22.2 Å². The van der Waals surface area contributed by atoms with E-state index >= 15 is 0 Å². The molecule has 330 valence electrons. The molecule has 0 spiro atoms. The molecule has 0 aromatic carbocycles. The molecule has 31 heteroatoms. The Labute approximate surface area is 344 Å². The summed E-state index contributed by atoms with van der Waals surface area (Å²) >= 11 is 3.91. The second-order valence-corrected chi connectivity index (χ2v) is 19.7. The molecule has 0 aliphatic carbocycles. The van der Waals surface area contributed by atoms with E-state index in [0.717, 1.165) is 15.4 Å². The van der Waals surface area contributed by atoms with Gasteiger partial charge >= 0.3 is 29.2 Å². The van der Waals surface area contributed by atoms with E-state index in [9.17, 15) is 57.4 Å². The lowest BCUT2D eigenvalue weighted by Crippen LogP contribution is -2.53. The second-order valence-electron chi connectivity index (χ2n) is 12.3. The zero-order valence-electron chi connectivity index (χ0n) is 30.6. The molecular formula is C27H46N7O18P3S3. The quantitative estimate of drug-likeness (QED) is 0.0162. The van der Waals surface area contributed by atoms with Crippen LogP contribution < -0.4 is 33.1 Å². The number of nitrogens with two attached hydrogens (primary N) is 2. The van der Waals surface area contributed by atoms with Crippen LogP contribution in [-0.4, -0.2) is 118 Å². The van der Waals surface area contributed by atoms with Crippen LogP contribution >= 0.6 is 57.7 Å². The number of hydrogen-bond donors (Lipinski definition) is 11. The highest BCUT2D eigenvalue weighted by Crippen LogP contribution is 2.66. The van der Waals surface area contributed by atoms with Crippen molar-refractivity contribution in [3.63, 3.8) is 0 Å². The van der Waals surface area contributed by atoms with Gasteiger partial charge in [0.1, 0.15) is 30.0 Å². The first-order valence-corrected chi connectivity index (χ1v) is 24.6. The zero-order chi connectivity index (χ0) is 43.8. The fourth-order valence-corrected chi connectivity index (χ4v) is 9.99. The number of nitrogens with one attached hydrogen (secondary N) is 3. The Morgan fingerprint density at radius 3 is 2.38 bits per heavy atom. The summed E-state index contributed by atoms with van der Waals surface area (Å²) in [6, 6.07) is -2.27. The average Bonchev–Trinajstić information content (AvgIpc) is 3.48. The van der Waals surface area contributed by atoms with Crippen molar-refractivity contribution in [1.29, 1.82) is 0 Å². The summed E-state index contributed by atoms with van der Waals surface area (Å²) in [6.07, 6.45) is -0.890. The SMILES string of the molecule is CC(=O)CCCCCNC(=O)C(CSSCCC(=O)NCc1cn(C2CC(O)C(COP(=O)(O)OP(=O)(O)OP(=O)(O)O)O2)c(=O)nc1N)NC(=O)C(=O)[C@@H](N)CS. The third-order valence-corrected chi connectivity index (χ3v) is 14.1. The van der Waals surface area contributed by atoms with Crippen molar-refractivity contribution >= 4 is 92.8 Å². The molecule has 58 heavy (non-hydrogen) atoms. The molecule has 1 aliphatic rings. The molecule has 3 amide bonds. The van der Waals surface area contributed by atoms with Gasteiger partial charge in [0.05, 0.1) is 18.8 Å². The summed E-state index contributed by atoms with van der Waals surface area (Å²) in [5, 5.41) is 18.1. The van der Waals surface area contributed by atoms with E-state index in [0.29, 0.717) is 25.7 Å². The van der Waals surface area contributed by atoms with E-state index in [1.54, 1.807) is 0 Å². The molecule has 1 saturated heterocycles. The number of hydrogen-bond acceptors (Lipinski definition) is 20. The van der Waals surface area contributed by atoms with Gasteiger partial charge in [-0.1, -0.05) is 28.0 Å². The molecule has 1 aromatic rings. The summed E-state index contributed by atoms with van der Waals surface area (Å²) < 4.78 is 52.5. The van der Waals surface area contributed by atoms with Crippen molar-refractivity contribution in [2.24, 2.45) is 5.73 Å². The van der Waals surface area contributed by atoms with Gasteiger partial charge in [0.15, 0.2) is 0 Å². The topological polar surface area (TPSA) is 398 Å². The molecule has 7 atom stereocenters.